The highest BCUT2D eigenvalue weighted by molar-refractivity contribution is 6.43. The highest BCUT2D eigenvalue weighted by Crippen LogP contribution is 2.28. The molecular weight excluding hydrogens is 419 g/mol. The Morgan fingerprint density at radius 3 is 2.59 bits per heavy atom. The van der Waals surface area contributed by atoms with E-state index in [-0.39, 0.29) is 17.9 Å². The van der Waals surface area contributed by atoms with Crippen molar-refractivity contribution in [2.75, 3.05) is 24.5 Å². The number of carbonyl (C=O) groups excluding carboxylic acids is 2. The van der Waals surface area contributed by atoms with Gasteiger partial charge in [-0.2, -0.15) is 10.4 Å². The number of ether oxygens (including phenoxy) is 2. The van der Waals surface area contributed by atoms with Crippen LogP contribution in [0.5, 0.6) is 5.75 Å². The van der Waals surface area contributed by atoms with Crippen molar-refractivity contribution in [3.63, 3.8) is 0 Å². The number of benzene rings is 2. The van der Waals surface area contributed by atoms with Gasteiger partial charge in [0.05, 0.1) is 30.1 Å². The molecule has 29 heavy (non-hydrogen) atoms. The van der Waals surface area contributed by atoms with Gasteiger partial charge < -0.3 is 14.8 Å². The summed E-state index contributed by atoms with van der Waals surface area (Å²) in [4.78, 5) is 24.2. The number of nitriles is 1. The van der Waals surface area contributed by atoms with Crippen molar-refractivity contribution in [2.45, 2.75) is 6.92 Å². The number of nitrogens with one attached hydrogen (secondary N) is 2. The van der Waals surface area contributed by atoms with Gasteiger partial charge >= 0.3 is 5.97 Å². The minimum absolute atomic E-state index is 0.102. The fraction of sp³-hybridized carbons (Fsp3) is 0.158. The fourth-order valence-corrected chi connectivity index (χ4v) is 2.49. The lowest BCUT2D eigenvalue weighted by Gasteiger charge is -2.11. The van der Waals surface area contributed by atoms with Gasteiger partial charge in [-0.1, -0.05) is 23.2 Å². The lowest BCUT2D eigenvalue weighted by atomic mass is 10.1. The van der Waals surface area contributed by atoms with E-state index in [2.05, 4.69) is 15.8 Å². The molecule has 0 fully saturated rings. The fourth-order valence-electron chi connectivity index (χ4n) is 2.16. The molecule has 150 valence electrons. The molecule has 0 radical (unpaired) electrons. The lowest BCUT2D eigenvalue weighted by Crippen LogP contribution is -2.17. The SMILES string of the molecule is CCOC(=O)/C(C#N)=N/Nc1cc(C(=O)Nc2cc(Cl)ccc2Cl)ccc1OC. The Hall–Kier alpha value is -3.28. The molecule has 0 bridgehead atoms. The molecule has 2 rings (SSSR count). The molecule has 0 atom stereocenters. The van der Waals surface area contributed by atoms with Crippen molar-refractivity contribution in [3.8, 4) is 11.8 Å². The van der Waals surface area contributed by atoms with Crippen LogP contribution in [-0.4, -0.2) is 31.3 Å². The van der Waals surface area contributed by atoms with Crippen LogP contribution in [-0.2, 0) is 9.53 Å². The second kappa shape index (κ2) is 10.3. The summed E-state index contributed by atoms with van der Waals surface area (Å²) in [7, 11) is 1.42. The van der Waals surface area contributed by atoms with E-state index in [0.717, 1.165) is 0 Å². The van der Waals surface area contributed by atoms with E-state index in [1.807, 2.05) is 0 Å². The first-order chi connectivity index (χ1) is 13.9. The third-order valence-electron chi connectivity index (χ3n) is 3.50. The quantitative estimate of drug-likeness (QED) is 0.385. The number of nitrogens with zero attached hydrogens (tertiary/aromatic N) is 2. The number of halogens is 2. The summed E-state index contributed by atoms with van der Waals surface area (Å²) in [5, 5.41) is 16.2. The number of hydrogen-bond donors (Lipinski definition) is 2. The highest BCUT2D eigenvalue weighted by Gasteiger charge is 2.15. The number of carbonyl (C=O) groups is 2. The summed E-state index contributed by atoms with van der Waals surface area (Å²) in [6.07, 6.45) is 0. The maximum absolute atomic E-state index is 12.6. The van der Waals surface area contributed by atoms with Crippen molar-refractivity contribution in [2.24, 2.45) is 5.10 Å². The molecule has 0 heterocycles. The van der Waals surface area contributed by atoms with Crippen LogP contribution < -0.4 is 15.5 Å². The average molecular weight is 435 g/mol. The number of amides is 1. The number of hydrogen-bond acceptors (Lipinski definition) is 7. The van der Waals surface area contributed by atoms with Crippen LogP contribution in [0.25, 0.3) is 0 Å². The number of hydrazone groups is 1. The molecule has 2 aromatic rings. The van der Waals surface area contributed by atoms with E-state index in [1.54, 1.807) is 25.1 Å². The van der Waals surface area contributed by atoms with E-state index in [4.69, 9.17) is 37.9 Å². The molecule has 0 aliphatic rings. The Labute approximate surface area is 177 Å². The van der Waals surface area contributed by atoms with Crippen LogP contribution in [0, 0.1) is 11.3 Å². The Morgan fingerprint density at radius 1 is 1.17 bits per heavy atom. The Morgan fingerprint density at radius 2 is 1.93 bits per heavy atom. The highest BCUT2D eigenvalue weighted by atomic mass is 35.5. The van der Waals surface area contributed by atoms with Crippen molar-refractivity contribution < 1.29 is 19.1 Å². The number of rotatable bonds is 7. The van der Waals surface area contributed by atoms with Crippen LogP contribution in [0.4, 0.5) is 11.4 Å². The minimum Gasteiger partial charge on any atom is -0.495 e. The predicted molar refractivity (Wildman–Crippen MR) is 111 cm³/mol. The molecule has 2 aromatic carbocycles. The van der Waals surface area contributed by atoms with Crippen LogP contribution in [0.2, 0.25) is 10.0 Å². The van der Waals surface area contributed by atoms with Gasteiger partial charge in [-0.3, -0.25) is 10.2 Å². The summed E-state index contributed by atoms with van der Waals surface area (Å²) in [5.74, 6) is -0.993. The van der Waals surface area contributed by atoms with Crippen LogP contribution in [0.1, 0.15) is 17.3 Å². The zero-order valence-electron chi connectivity index (χ0n) is 15.5. The number of anilines is 2. The van der Waals surface area contributed by atoms with Gasteiger partial charge in [0.1, 0.15) is 11.8 Å². The molecule has 0 spiro atoms. The number of esters is 1. The van der Waals surface area contributed by atoms with Gasteiger partial charge in [-0.05, 0) is 43.3 Å². The van der Waals surface area contributed by atoms with Crippen LogP contribution in [0.15, 0.2) is 41.5 Å². The van der Waals surface area contributed by atoms with Gasteiger partial charge in [0.2, 0.25) is 5.71 Å². The van der Waals surface area contributed by atoms with Gasteiger partial charge in [0, 0.05) is 10.6 Å². The summed E-state index contributed by atoms with van der Waals surface area (Å²) >= 11 is 12.0. The molecule has 10 heteroatoms. The van der Waals surface area contributed by atoms with Crippen molar-refractivity contribution in [3.05, 3.63) is 52.0 Å². The van der Waals surface area contributed by atoms with Crippen molar-refractivity contribution in [1.82, 2.24) is 0 Å². The summed E-state index contributed by atoms with van der Waals surface area (Å²) in [6.45, 7) is 1.71. The van der Waals surface area contributed by atoms with Crippen LogP contribution >= 0.6 is 23.2 Å². The normalized spacial score (nSPS) is 10.7. The molecule has 0 aliphatic carbocycles. The predicted octanol–water partition coefficient (Wildman–Crippen LogP) is 4.11. The molecule has 0 aliphatic heterocycles. The van der Waals surface area contributed by atoms with E-state index < -0.39 is 17.6 Å². The van der Waals surface area contributed by atoms with E-state index in [1.165, 1.54) is 31.4 Å². The molecule has 0 aromatic heterocycles. The second-order valence-electron chi connectivity index (χ2n) is 5.40. The first-order valence-corrected chi connectivity index (χ1v) is 9.00. The van der Waals surface area contributed by atoms with Crippen molar-refractivity contribution >= 4 is 52.2 Å². The van der Waals surface area contributed by atoms with Gasteiger partial charge in [-0.25, -0.2) is 4.79 Å². The summed E-state index contributed by atoms with van der Waals surface area (Å²) < 4.78 is 9.94. The zero-order chi connectivity index (χ0) is 21.4. The molecule has 1 amide bonds. The average Bonchev–Trinajstić information content (AvgIpc) is 2.71. The summed E-state index contributed by atoms with van der Waals surface area (Å²) in [6, 6.07) is 10.8. The maximum atomic E-state index is 12.6. The smallest absolute Gasteiger partial charge is 0.369 e. The Balaban J connectivity index is 2.28. The lowest BCUT2D eigenvalue weighted by molar-refractivity contribution is -0.134. The third-order valence-corrected chi connectivity index (χ3v) is 4.07. The molecule has 0 saturated heterocycles. The molecule has 0 saturated carbocycles. The first-order valence-electron chi connectivity index (χ1n) is 8.25. The molecule has 2 N–H and O–H groups in total. The monoisotopic (exact) mass is 434 g/mol. The molecule has 8 nitrogen and oxygen atoms in total. The maximum Gasteiger partial charge on any atom is 0.369 e. The topological polar surface area (TPSA) is 113 Å². The molecular formula is C19H16Cl2N4O4. The largest absolute Gasteiger partial charge is 0.495 e. The van der Waals surface area contributed by atoms with Gasteiger partial charge in [0.25, 0.3) is 5.91 Å². The van der Waals surface area contributed by atoms with Gasteiger partial charge in [0.15, 0.2) is 0 Å². The second-order valence-corrected chi connectivity index (χ2v) is 6.24. The third kappa shape index (κ3) is 5.85. The van der Waals surface area contributed by atoms with Gasteiger partial charge in [-0.15, -0.1) is 0 Å². The molecule has 0 unspecified atom stereocenters. The van der Waals surface area contributed by atoms with E-state index >= 15 is 0 Å². The first kappa shape index (κ1) is 22.0. The summed E-state index contributed by atoms with van der Waals surface area (Å²) in [5.41, 5.74) is 2.92. The zero-order valence-corrected chi connectivity index (χ0v) is 17.0. The van der Waals surface area contributed by atoms with E-state index in [0.29, 0.717) is 21.5 Å². The minimum atomic E-state index is -0.869. The van der Waals surface area contributed by atoms with Crippen LogP contribution in [0.3, 0.4) is 0 Å². The standard InChI is InChI=1S/C19H16Cl2N4O4/c1-3-29-19(27)16(10-22)25-24-15-8-11(4-7-17(15)28-2)18(26)23-14-9-12(20)5-6-13(14)21/h4-9,24H,3H2,1-2H3,(H,23,26)/b25-16+. The Bertz CT molecular complexity index is 1000. The van der Waals surface area contributed by atoms with E-state index in [9.17, 15) is 9.59 Å². The van der Waals surface area contributed by atoms with Crippen molar-refractivity contribution in [1.29, 1.82) is 5.26 Å². The Kier molecular flexibility index (Phi) is 7.83. The number of methoxy groups -OCH3 is 1.